The maximum absolute atomic E-state index is 12.3. The van der Waals surface area contributed by atoms with Crippen molar-refractivity contribution in [1.29, 1.82) is 0 Å². The summed E-state index contributed by atoms with van der Waals surface area (Å²) in [5, 5.41) is 0. The van der Waals surface area contributed by atoms with Crippen molar-refractivity contribution in [2.45, 2.75) is 18.6 Å². The lowest BCUT2D eigenvalue weighted by atomic mass is 10.1. The van der Waals surface area contributed by atoms with E-state index in [2.05, 4.69) is 12.1 Å². The van der Waals surface area contributed by atoms with Gasteiger partial charge in [-0.1, -0.05) is 30.3 Å². The Morgan fingerprint density at radius 2 is 1.71 bits per heavy atom. The molecule has 4 heteroatoms. The monoisotopic (exact) mass is 341 g/mol. The first kappa shape index (κ1) is 16.9. The molecule has 3 rings (SSSR count). The van der Waals surface area contributed by atoms with Crippen LogP contribution in [-0.2, 0) is 5.75 Å². The molecular weight excluding hydrogens is 318 g/mol. The lowest BCUT2D eigenvalue weighted by molar-refractivity contribution is 0.0793. The predicted octanol–water partition coefficient (Wildman–Crippen LogP) is 4.23. The average Bonchev–Trinajstić information content (AvgIpc) is 3.17. The third kappa shape index (κ3) is 4.78. The van der Waals surface area contributed by atoms with Crippen molar-refractivity contribution in [3.63, 3.8) is 0 Å². The number of rotatable bonds is 7. The normalized spacial score (nSPS) is 13.9. The number of hydrogen-bond donors (Lipinski definition) is 0. The van der Waals surface area contributed by atoms with E-state index < -0.39 is 0 Å². The lowest BCUT2D eigenvalue weighted by Crippen LogP contribution is -2.27. The van der Waals surface area contributed by atoms with Crippen molar-refractivity contribution in [3.8, 4) is 5.75 Å². The van der Waals surface area contributed by atoms with Crippen LogP contribution in [0.25, 0.3) is 0 Å². The van der Waals surface area contributed by atoms with E-state index in [0.29, 0.717) is 6.61 Å². The minimum Gasteiger partial charge on any atom is -0.493 e. The minimum absolute atomic E-state index is 0.169. The molecule has 3 nitrogen and oxygen atoms in total. The zero-order valence-corrected chi connectivity index (χ0v) is 14.6. The van der Waals surface area contributed by atoms with Crippen LogP contribution >= 0.6 is 11.8 Å². The van der Waals surface area contributed by atoms with Gasteiger partial charge in [0, 0.05) is 30.2 Å². The molecule has 0 unspecified atom stereocenters. The fraction of sp³-hybridized carbons (Fsp3) is 0.350. The Morgan fingerprint density at radius 1 is 1.00 bits per heavy atom. The summed E-state index contributed by atoms with van der Waals surface area (Å²) in [6.07, 6.45) is 2.26. The van der Waals surface area contributed by atoms with E-state index in [-0.39, 0.29) is 5.91 Å². The fourth-order valence-corrected chi connectivity index (χ4v) is 3.55. The van der Waals surface area contributed by atoms with Crippen molar-refractivity contribution < 1.29 is 9.53 Å². The minimum atomic E-state index is 0.169. The summed E-state index contributed by atoms with van der Waals surface area (Å²) in [6.45, 7) is 2.51. The number of benzene rings is 2. The molecule has 0 N–H and O–H groups in total. The van der Waals surface area contributed by atoms with Gasteiger partial charge in [0.25, 0.3) is 5.91 Å². The van der Waals surface area contributed by atoms with E-state index in [9.17, 15) is 4.79 Å². The predicted molar refractivity (Wildman–Crippen MR) is 99.7 cm³/mol. The molecule has 0 bridgehead atoms. The third-order valence-electron chi connectivity index (χ3n) is 4.10. The van der Waals surface area contributed by atoms with Gasteiger partial charge in [-0.2, -0.15) is 11.8 Å². The molecule has 0 aromatic heterocycles. The first-order chi connectivity index (χ1) is 11.8. The second kappa shape index (κ2) is 8.78. The summed E-state index contributed by atoms with van der Waals surface area (Å²) in [4.78, 5) is 14.2. The SMILES string of the molecule is O=C(c1ccc(CSCCOc2ccccc2)cc1)N1CCCC1. The number of carbonyl (C=O) groups is 1. The van der Waals surface area contributed by atoms with Crippen molar-refractivity contribution in [3.05, 3.63) is 65.7 Å². The van der Waals surface area contributed by atoms with Crippen LogP contribution in [0.15, 0.2) is 54.6 Å². The average molecular weight is 341 g/mol. The molecule has 1 aliphatic heterocycles. The molecule has 2 aromatic carbocycles. The zero-order chi connectivity index (χ0) is 16.6. The van der Waals surface area contributed by atoms with Gasteiger partial charge in [-0.15, -0.1) is 0 Å². The van der Waals surface area contributed by atoms with Crippen molar-refractivity contribution in [2.24, 2.45) is 0 Å². The number of para-hydroxylation sites is 1. The molecular formula is C20H23NO2S. The number of amides is 1. The highest BCUT2D eigenvalue weighted by atomic mass is 32.2. The van der Waals surface area contributed by atoms with Gasteiger partial charge in [0.15, 0.2) is 0 Å². The second-order valence-corrected chi connectivity index (χ2v) is 7.02. The van der Waals surface area contributed by atoms with Crippen LogP contribution in [0.5, 0.6) is 5.75 Å². The molecule has 0 saturated carbocycles. The Morgan fingerprint density at radius 3 is 2.42 bits per heavy atom. The standard InChI is InChI=1S/C20H23NO2S/c22-20(21-12-4-5-13-21)18-10-8-17(9-11-18)16-24-15-14-23-19-6-2-1-3-7-19/h1-3,6-11H,4-5,12-16H2. The molecule has 0 radical (unpaired) electrons. The molecule has 0 aliphatic carbocycles. The van der Waals surface area contributed by atoms with E-state index in [1.54, 1.807) is 0 Å². The third-order valence-corrected chi connectivity index (χ3v) is 5.10. The van der Waals surface area contributed by atoms with Crippen LogP contribution in [0.1, 0.15) is 28.8 Å². The Kier molecular flexibility index (Phi) is 6.19. The number of likely N-dealkylation sites (tertiary alicyclic amines) is 1. The van der Waals surface area contributed by atoms with Crippen LogP contribution in [0.2, 0.25) is 0 Å². The van der Waals surface area contributed by atoms with Gasteiger partial charge >= 0.3 is 0 Å². The molecule has 1 amide bonds. The largest absolute Gasteiger partial charge is 0.493 e. The van der Waals surface area contributed by atoms with Gasteiger partial charge in [-0.25, -0.2) is 0 Å². The summed E-state index contributed by atoms with van der Waals surface area (Å²) in [6, 6.07) is 17.9. The highest BCUT2D eigenvalue weighted by molar-refractivity contribution is 7.98. The summed E-state index contributed by atoms with van der Waals surface area (Å²) < 4.78 is 5.68. The number of hydrogen-bond acceptors (Lipinski definition) is 3. The van der Waals surface area contributed by atoms with Crippen molar-refractivity contribution >= 4 is 17.7 Å². The van der Waals surface area contributed by atoms with Crippen LogP contribution in [0, 0.1) is 0 Å². The van der Waals surface area contributed by atoms with Crippen molar-refractivity contribution in [1.82, 2.24) is 4.90 Å². The van der Waals surface area contributed by atoms with Gasteiger partial charge < -0.3 is 9.64 Å². The van der Waals surface area contributed by atoms with Gasteiger partial charge in [0.2, 0.25) is 0 Å². The molecule has 2 aromatic rings. The van der Waals surface area contributed by atoms with Crippen LogP contribution < -0.4 is 4.74 Å². The first-order valence-corrected chi connectivity index (χ1v) is 9.62. The molecule has 24 heavy (non-hydrogen) atoms. The fourth-order valence-electron chi connectivity index (χ4n) is 2.77. The molecule has 126 valence electrons. The van der Waals surface area contributed by atoms with Crippen LogP contribution in [-0.4, -0.2) is 36.3 Å². The number of thioether (sulfide) groups is 1. The summed E-state index contributed by atoms with van der Waals surface area (Å²) in [5.74, 6) is 2.98. The summed E-state index contributed by atoms with van der Waals surface area (Å²) >= 11 is 1.84. The second-order valence-electron chi connectivity index (χ2n) is 5.91. The number of nitrogens with zero attached hydrogens (tertiary/aromatic N) is 1. The van der Waals surface area contributed by atoms with Crippen LogP contribution in [0.3, 0.4) is 0 Å². The smallest absolute Gasteiger partial charge is 0.253 e. The Labute approximate surface area is 148 Å². The summed E-state index contributed by atoms with van der Waals surface area (Å²) in [5.41, 5.74) is 2.05. The molecule has 1 fully saturated rings. The van der Waals surface area contributed by atoms with E-state index in [4.69, 9.17) is 4.74 Å². The van der Waals surface area contributed by atoms with E-state index in [1.807, 2.05) is 59.1 Å². The summed E-state index contributed by atoms with van der Waals surface area (Å²) in [7, 11) is 0. The van der Waals surface area contributed by atoms with E-state index in [1.165, 1.54) is 5.56 Å². The van der Waals surface area contributed by atoms with E-state index in [0.717, 1.165) is 48.7 Å². The molecule has 1 heterocycles. The highest BCUT2D eigenvalue weighted by Gasteiger charge is 2.18. The van der Waals surface area contributed by atoms with Gasteiger partial charge in [-0.05, 0) is 42.7 Å². The number of carbonyl (C=O) groups excluding carboxylic acids is 1. The van der Waals surface area contributed by atoms with Gasteiger partial charge in [-0.3, -0.25) is 4.79 Å². The Bertz CT molecular complexity index is 636. The van der Waals surface area contributed by atoms with E-state index >= 15 is 0 Å². The van der Waals surface area contributed by atoms with Crippen LogP contribution in [0.4, 0.5) is 0 Å². The molecule has 1 aliphatic rings. The van der Waals surface area contributed by atoms with Gasteiger partial charge in [0.05, 0.1) is 6.61 Å². The molecule has 0 spiro atoms. The Hall–Kier alpha value is -1.94. The lowest BCUT2D eigenvalue weighted by Gasteiger charge is -2.15. The maximum atomic E-state index is 12.3. The zero-order valence-electron chi connectivity index (χ0n) is 13.8. The highest BCUT2D eigenvalue weighted by Crippen LogP contribution is 2.17. The molecule has 0 atom stereocenters. The maximum Gasteiger partial charge on any atom is 0.253 e. The topological polar surface area (TPSA) is 29.5 Å². The Balaban J connectivity index is 1.39. The van der Waals surface area contributed by atoms with Gasteiger partial charge in [0.1, 0.15) is 5.75 Å². The molecule has 1 saturated heterocycles. The number of ether oxygens (including phenoxy) is 1. The van der Waals surface area contributed by atoms with Crippen molar-refractivity contribution in [2.75, 3.05) is 25.4 Å². The quantitative estimate of drug-likeness (QED) is 0.706. The first-order valence-electron chi connectivity index (χ1n) is 8.47.